The van der Waals surface area contributed by atoms with E-state index in [4.69, 9.17) is 5.73 Å². The van der Waals surface area contributed by atoms with E-state index >= 15 is 0 Å². The first kappa shape index (κ1) is 17.3. The Labute approximate surface area is 125 Å². The molecule has 0 atom stereocenters. The van der Waals surface area contributed by atoms with Crippen molar-refractivity contribution in [3.05, 3.63) is 0 Å². The molecule has 0 aromatic heterocycles. The van der Waals surface area contributed by atoms with E-state index in [0.717, 1.165) is 25.6 Å². The van der Waals surface area contributed by atoms with E-state index in [9.17, 15) is 0 Å². The third-order valence-corrected chi connectivity index (χ3v) is 3.97. The normalized spacial score (nSPS) is 17.6. The van der Waals surface area contributed by atoms with E-state index in [1.54, 1.807) is 0 Å². The van der Waals surface area contributed by atoms with Crippen LogP contribution in [0.5, 0.6) is 0 Å². The molecule has 2 N–H and O–H groups in total. The molecule has 0 aromatic rings. The number of guanidine groups is 1. The molecule has 1 fully saturated rings. The number of nitrogens with two attached hydrogens (primary N) is 1. The van der Waals surface area contributed by atoms with Gasteiger partial charge in [-0.15, -0.1) is 0 Å². The van der Waals surface area contributed by atoms with Crippen LogP contribution in [0.3, 0.4) is 0 Å². The summed E-state index contributed by atoms with van der Waals surface area (Å²) >= 11 is 0. The molecule has 1 heterocycles. The average molecular weight is 282 g/mol. The Balaban J connectivity index is 2.02. The monoisotopic (exact) mass is 282 g/mol. The maximum atomic E-state index is 6.08. The highest BCUT2D eigenvalue weighted by molar-refractivity contribution is 5.78. The number of aliphatic imine (C=N–C) groups is 1. The lowest BCUT2D eigenvalue weighted by atomic mass is 10.1. The van der Waals surface area contributed by atoms with E-state index in [0.29, 0.717) is 0 Å². The van der Waals surface area contributed by atoms with Gasteiger partial charge in [0.1, 0.15) is 0 Å². The van der Waals surface area contributed by atoms with E-state index in [2.05, 4.69) is 28.9 Å². The second-order valence-electron chi connectivity index (χ2n) is 6.21. The van der Waals surface area contributed by atoms with Crippen molar-refractivity contribution in [1.29, 1.82) is 0 Å². The molecule has 0 bridgehead atoms. The zero-order chi connectivity index (χ0) is 14.6. The maximum absolute atomic E-state index is 6.08. The third-order valence-electron chi connectivity index (χ3n) is 3.97. The summed E-state index contributed by atoms with van der Waals surface area (Å²) in [4.78, 5) is 9.07. The van der Waals surface area contributed by atoms with Gasteiger partial charge in [0.25, 0.3) is 0 Å². The third kappa shape index (κ3) is 8.41. The highest BCUT2D eigenvalue weighted by atomic mass is 15.2. The predicted octanol–water partition coefficient (Wildman–Crippen LogP) is 2.69. The van der Waals surface area contributed by atoms with E-state index in [1.165, 1.54) is 64.3 Å². The van der Waals surface area contributed by atoms with E-state index < -0.39 is 0 Å². The smallest absolute Gasteiger partial charge is 0.191 e. The molecule has 0 spiro atoms. The highest BCUT2D eigenvalue weighted by Crippen LogP contribution is 2.09. The van der Waals surface area contributed by atoms with Crippen molar-refractivity contribution >= 4 is 5.96 Å². The predicted molar refractivity (Wildman–Crippen MR) is 88.2 cm³/mol. The quantitative estimate of drug-likeness (QED) is 0.423. The van der Waals surface area contributed by atoms with Gasteiger partial charge >= 0.3 is 0 Å². The van der Waals surface area contributed by atoms with Gasteiger partial charge in [0.2, 0.25) is 0 Å². The molecule has 4 heteroatoms. The molecule has 1 aliphatic rings. The van der Waals surface area contributed by atoms with Crippen molar-refractivity contribution in [2.45, 2.75) is 57.8 Å². The molecular formula is C16H34N4. The summed E-state index contributed by atoms with van der Waals surface area (Å²) in [6.45, 7) is 4.30. The largest absolute Gasteiger partial charge is 0.370 e. The summed E-state index contributed by atoms with van der Waals surface area (Å²) in [6, 6.07) is 0. The zero-order valence-electron chi connectivity index (χ0n) is 13.6. The van der Waals surface area contributed by atoms with Gasteiger partial charge in [0, 0.05) is 19.6 Å². The van der Waals surface area contributed by atoms with Gasteiger partial charge in [-0.25, -0.2) is 0 Å². The van der Waals surface area contributed by atoms with Crippen LogP contribution in [0, 0.1) is 0 Å². The summed E-state index contributed by atoms with van der Waals surface area (Å²) in [6.07, 6.45) is 11.7. The number of unbranched alkanes of at least 4 members (excludes halogenated alkanes) is 4. The Morgan fingerprint density at radius 3 is 2.20 bits per heavy atom. The lowest BCUT2D eigenvalue weighted by molar-refractivity contribution is 0.390. The Morgan fingerprint density at radius 2 is 1.55 bits per heavy atom. The first-order valence-electron chi connectivity index (χ1n) is 8.40. The summed E-state index contributed by atoms with van der Waals surface area (Å²) in [5.41, 5.74) is 6.08. The van der Waals surface area contributed by atoms with E-state index in [1.807, 2.05) is 0 Å². The fraction of sp³-hybridized carbons (Fsp3) is 0.938. The van der Waals surface area contributed by atoms with Gasteiger partial charge in [0.15, 0.2) is 5.96 Å². The summed E-state index contributed by atoms with van der Waals surface area (Å²) < 4.78 is 0. The Morgan fingerprint density at radius 1 is 0.950 bits per heavy atom. The molecule has 1 saturated heterocycles. The van der Waals surface area contributed by atoms with Gasteiger partial charge in [-0.2, -0.15) is 0 Å². The van der Waals surface area contributed by atoms with Gasteiger partial charge < -0.3 is 15.5 Å². The number of likely N-dealkylation sites (tertiary alicyclic amines) is 1. The van der Waals surface area contributed by atoms with E-state index in [-0.39, 0.29) is 0 Å². The number of rotatable bonds is 8. The van der Waals surface area contributed by atoms with Crippen molar-refractivity contribution in [3.63, 3.8) is 0 Å². The number of nitrogens with zero attached hydrogens (tertiary/aromatic N) is 3. The summed E-state index contributed by atoms with van der Waals surface area (Å²) in [5.74, 6) is 0.777. The van der Waals surface area contributed by atoms with Crippen molar-refractivity contribution in [1.82, 2.24) is 9.80 Å². The minimum Gasteiger partial charge on any atom is -0.370 e. The fourth-order valence-electron chi connectivity index (χ4n) is 2.66. The van der Waals surface area contributed by atoms with Crippen molar-refractivity contribution < 1.29 is 0 Å². The van der Waals surface area contributed by atoms with Gasteiger partial charge in [-0.1, -0.05) is 32.1 Å². The molecular weight excluding hydrogens is 248 g/mol. The summed E-state index contributed by atoms with van der Waals surface area (Å²) in [7, 11) is 4.28. The van der Waals surface area contributed by atoms with Gasteiger partial charge in [0.05, 0.1) is 0 Å². The first-order chi connectivity index (χ1) is 9.70. The first-order valence-corrected chi connectivity index (χ1v) is 8.40. The van der Waals surface area contributed by atoms with Crippen LogP contribution in [0.1, 0.15) is 57.8 Å². The van der Waals surface area contributed by atoms with Crippen LogP contribution in [0.2, 0.25) is 0 Å². The molecule has 0 aromatic carbocycles. The van der Waals surface area contributed by atoms with Crippen molar-refractivity contribution in [3.8, 4) is 0 Å². The highest BCUT2D eigenvalue weighted by Gasteiger charge is 2.10. The standard InChI is InChI=1S/C16H34N4/c1-19(2)13-9-5-3-4-8-12-18-16(17)20-14-10-6-7-11-15-20/h3-15H2,1-2H3,(H2,17,18). The van der Waals surface area contributed by atoms with Crippen LogP contribution in [-0.4, -0.2) is 56.0 Å². The average Bonchev–Trinajstić information content (AvgIpc) is 2.70. The molecule has 4 nitrogen and oxygen atoms in total. The molecule has 1 aliphatic heterocycles. The van der Waals surface area contributed by atoms with Gasteiger partial charge in [-0.3, -0.25) is 4.99 Å². The lowest BCUT2D eigenvalue weighted by Gasteiger charge is -2.21. The topological polar surface area (TPSA) is 44.9 Å². The van der Waals surface area contributed by atoms with Crippen LogP contribution in [0.25, 0.3) is 0 Å². The minimum atomic E-state index is 0.777. The minimum absolute atomic E-state index is 0.777. The molecule has 118 valence electrons. The summed E-state index contributed by atoms with van der Waals surface area (Å²) in [5, 5.41) is 0. The second kappa shape index (κ2) is 11.0. The van der Waals surface area contributed by atoms with Crippen LogP contribution >= 0.6 is 0 Å². The maximum Gasteiger partial charge on any atom is 0.191 e. The van der Waals surface area contributed by atoms with Crippen molar-refractivity contribution in [2.24, 2.45) is 10.7 Å². The molecule has 0 amide bonds. The Kier molecular flexibility index (Phi) is 9.46. The Bertz CT molecular complexity index is 255. The number of hydrogen-bond acceptors (Lipinski definition) is 2. The molecule has 0 radical (unpaired) electrons. The molecule has 20 heavy (non-hydrogen) atoms. The van der Waals surface area contributed by atoms with Crippen LogP contribution in [0.4, 0.5) is 0 Å². The molecule has 0 aliphatic carbocycles. The Hall–Kier alpha value is -0.770. The van der Waals surface area contributed by atoms with Gasteiger partial charge in [-0.05, 0) is 46.3 Å². The lowest BCUT2D eigenvalue weighted by Crippen LogP contribution is -2.38. The molecule has 1 rings (SSSR count). The molecule has 0 saturated carbocycles. The zero-order valence-corrected chi connectivity index (χ0v) is 13.6. The SMILES string of the molecule is CN(C)CCCCCCCN=C(N)N1CCCCCC1. The fourth-order valence-corrected chi connectivity index (χ4v) is 2.66. The second-order valence-corrected chi connectivity index (χ2v) is 6.21. The van der Waals surface area contributed by atoms with Crippen LogP contribution < -0.4 is 5.73 Å². The molecule has 0 unspecified atom stereocenters. The van der Waals surface area contributed by atoms with Crippen molar-refractivity contribution in [2.75, 3.05) is 40.3 Å². The number of hydrogen-bond donors (Lipinski definition) is 1. The van der Waals surface area contributed by atoms with Crippen LogP contribution in [-0.2, 0) is 0 Å². The van der Waals surface area contributed by atoms with Crippen LogP contribution in [0.15, 0.2) is 4.99 Å².